The number of amides is 1. The van der Waals surface area contributed by atoms with Gasteiger partial charge >= 0.3 is 0 Å². The lowest BCUT2D eigenvalue weighted by molar-refractivity contribution is -0.113. The number of anilines is 1. The van der Waals surface area contributed by atoms with Crippen LogP contribution in [0.5, 0.6) is 0 Å². The van der Waals surface area contributed by atoms with E-state index in [1.165, 1.54) is 0 Å². The fourth-order valence-corrected chi connectivity index (χ4v) is 1.69. The van der Waals surface area contributed by atoms with Crippen LogP contribution in [0.4, 0.5) is 5.69 Å². The maximum Gasteiger partial charge on any atom is 0.239 e. The molecule has 7 heteroatoms. The van der Waals surface area contributed by atoms with Gasteiger partial charge in [-0.2, -0.15) is 0 Å². The van der Waals surface area contributed by atoms with Gasteiger partial charge in [0.05, 0.1) is 13.2 Å². The minimum Gasteiger partial charge on any atom is -0.372 e. The van der Waals surface area contributed by atoms with Crippen LogP contribution in [0.2, 0.25) is 0 Å². The number of rotatable bonds is 5. The average Bonchev–Trinajstić information content (AvgIpc) is 2.30. The molecule has 0 bridgehead atoms. The van der Waals surface area contributed by atoms with Crippen LogP contribution in [0.3, 0.4) is 0 Å². The Kier molecular flexibility index (Phi) is 6.71. The summed E-state index contributed by atoms with van der Waals surface area (Å²) in [6, 6.07) is 5.58. The highest BCUT2D eigenvalue weighted by atomic mass is 35.6. The molecule has 0 heterocycles. The Morgan fingerprint density at radius 1 is 1.37 bits per heavy atom. The largest absolute Gasteiger partial charge is 0.372 e. The Balaban J connectivity index is 2.73. The number of benzene rings is 1. The lowest BCUT2D eigenvalue weighted by atomic mass is 10.1. The molecule has 0 spiro atoms. The molecule has 0 radical (unpaired) electrons. The van der Waals surface area contributed by atoms with Crippen molar-refractivity contribution in [3.05, 3.63) is 29.3 Å². The Morgan fingerprint density at radius 3 is 2.63 bits per heavy atom. The SMILES string of the molecule is Cc1ccc(COCC(Cl)(Cl)Cl)c(NC(=O)CCl)c1. The molecule has 0 unspecified atom stereocenters. The zero-order valence-corrected chi connectivity index (χ0v) is 13.2. The van der Waals surface area contributed by atoms with Gasteiger partial charge < -0.3 is 10.1 Å². The summed E-state index contributed by atoms with van der Waals surface area (Å²) in [5.74, 6) is -0.391. The van der Waals surface area contributed by atoms with Crippen molar-refractivity contribution in [1.29, 1.82) is 0 Å². The van der Waals surface area contributed by atoms with Crippen LogP contribution >= 0.6 is 46.4 Å². The van der Waals surface area contributed by atoms with E-state index in [1.54, 1.807) is 0 Å². The van der Waals surface area contributed by atoms with Crippen molar-refractivity contribution in [2.45, 2.75) is 17.3 Å². The molecule has 0 aromatic heterocycles. The van der Waals surface area contributed by atoms with Crippen molar-refractivity contribution >= 4 is 58.0 Å². The van der Waals surface area contributed by atoms with Gasteiger partial charge in [0.25, 0.3) is 0 Å². The van der Waals surface area contributed by atoms with E-state index in [9.17, 15) is 4.79 Å². The van der Waals surface area contributed by atoms with Crippen LogP contribution in [0.25, 0.3) is 0 Å². The summed E-state index contributed by atoms with van der Waals surface area (Å²) in [6.45, 7) is 2.11. The molecule has 0 aliphatic rings. The molecule has 1 N–H and O–H groups in total. The van der Waals surface area contributed by atoms with E-state index in [2.05, 4.69) is 5.32 Å². The van der Waals surface area contributed by atoms with Crippen molar-refractivity contribution in [1.82, 2.24) is 0 Å². The number of halogens is 4. The minimum atomic E-state index is -1.45. The summed E-state index contributed by atoms with van der Waals surface area (Å²) in [4.78, 5) is 11.3. The predicted octanol–water partition coefficient (Wildman–Crippen LogP) is 4.06. The first-order chi connectivity index (χ1) is 8.81. The Morgan fingerprint density at radius 2 is 2.05 bits per heavy atom. The molecule has 1 aromatic carbocycles. The van der Waals surface area contributed by atoms with Gasteiger partial charge in [0.15, 0.2) is 0 Å². The molecule has 1 amide bonds. The molecule has 19 heavy (non-hydrogen) atoms. The minimum absolute atomic E-state index is 0.0333. The van der Waals surface area contributed by atoms with E-state index in [-0.39, 0.29) is 25.0 Å². The molecule has 0 aliphatic heterocycles. The number of carbonyl (C=O) groups excluding carboxylic acids is 1. The van der Waals surface area contributed by atoms with E-state index in [0.717, 1.165) is 11.1 Å². The zero-order valence-electron chi connectivity index (χ0n) is 10.2. The normalized spacial score (nSPS) is 11.4. The number of hydrogen-bond donors (Lipinski definition) is 1. The van der Waals surface area contributed by atoms with E-state index < -0.39 is 3.79 Å². The highest BCUT2D eigenvalue weighted by Gasteiger charge is 2.19. The lowest BCUT2D eigenvalue weighted by Crippen LogP contribution is -2.16. The van der Waals surface area contributed by atoms with E-state index in [4.69, 9.17) is 51.1 Å². The second-order valence-corrected chi connectivity index (χ2v) is 6.73. The van der Waals surface area contributed by atoms with Crippen molar-refractivity contribution in [3.8, 4) is 0 Å². The first-order valence-corrected chi connectivity index (χ1v) is 7.08. The van der Waals surface area contributed by atoms with Crippen LogP contribution in [0.1, 0.15) is 11.1 Å². The third-order valence-electron chi connectivity index (χ3n) is 2.18. The van der Waals surface area contributed by atoms with E-state index in [1.807, 2.05) is 25.1 Å². The third kappa shape index (κ3) is 6.68. The lowest BCUT2D eigenvalue weighted by Gasteiger charge is -2.14. The van der Waals surface area contributed by atoms with Crippen molar-refractivity contribution < 1.29 is 9.53 Å². The van der Waals surface area contributed by atoms with Crippen LogP contribution in [-0.2, 0) is 16.1 Å². The van der Waals surface area contributed by atoms with Gasteiger partial charge in [-0.3, -0.25) is 4.79 Å². The number of aryl methyl sites for hydroxylation is 1. The van der Waals surface area contributed by atoms with Crippen molar-refractivity contribution in [2.24, 2.45) is 0 Å². The van der Waals surface area contributed by atoms with Crippen molar-refractivity contribution in [3.63, 3.8) is 0 Å². The topological polar surface area (TPSA) is 38.3 Å². The Hall–Kier alpha value is -0.190. The fraction of sp³-hybridized carbons (Fsp3) is 0.417. The number of ether oxygens (including phenoxy) is 1. The monoisotopic (exact) mass is 343 g/mol. The number of hydrogen-bond acceptors (Lipinski definition) is 2. The molecule has 0 saturated heterocycles. The highest BCUT2D eigenvalue weighted by molar-refractivity contribution is 6.67. The summed E-state index contributed by atoms with van der Waals surface area (Å²) >= 11 is 22.2. The van der Waals surface area contributed by atoms with Gasteiger partial charge in [0, 0.05) is 11.3 Å². The molecule has 1 aromatic rings. The summed E-state index contributed by atoms with van der Waals surface area (Å²) in [6.07, 6.45) is 0. The number of alkyl halides is 4. The molecule has 106 valence electrons. The molecule has 3 nitrogen and oxygen atoms in total. The third-order valence-corrected chi connectivity index (χ3v) is 2.75. The Labute approximate surface area is 132 Å². The van der Waals surface area contributed by atoms with Gasteiger partial charge in [-0.05, 0) is 18.6 Å². The van der Waals surface area contributed by atoms with Crippen LogP contribution in [-0.4, -0.2) is 22.2 Å². The van der Waals surface area contributed by atoms with Gasteiger partial charge in [0.2, 0.25) is 9.70 Å². The molecular weight excluding hydrogens is 332 g/mol. The second kappa shape index (κ2) is 7.55. The maximum atomic E-state index is 11.3. The summed E-state index contributed by atoms with van der Waals surface area (Å²) < 4.78 is 3.85. The summed E-state index contributed by atoms with van der Waals surface area (Å²) in [5, 5.41) is 2.70. The predicted molar refractivity (Wildman–Crippen MR) is 80.5 cm³/mol. The van der Waals surface area contributed by atoms with Gasteiger partial charge in [-0.1, -0.05) is 46.9 Å². The van der Waals surface area contributed by atoms with E-state index >= 15 is 0 Å². The van der Waals surface area contributed by atoms with Crippen LogP contribution in [0.15, 0.2) is 18.2 Å². The molecule has 0 saturated carbocycles. The number of nitrogens with one attached hydrogen (secondary N) is 1. The van der Waals surface area contributed by atoms with Crippen LogP contribution < -0.4 is 5.32 Å². The molecule has 1 rings (SSSR count). The molecular formula is C12H13Cl4NO2. The zero-order chi connectivity index (χ0) is 14.5. The molecule has 0 fully saturated rings. The summed E-state index contributed by atoms with van der Waals surface area (Å²) in [5.41, 5.74) is 2.45. The standard InChI is InChI=1S/C12H13Cl4NO2/c1-8-2-3-9(6-19-7-12(14,15)16)10(4-8)17-11(18)5-13/h2-4H,5-7H2,1H3,(H,17,18). The Bertz CT molecular complexity index is 446. The first-order valence-electron chi connectivity index (χ1n) is 5.41. The van der Waals surface area contributed by atoms with Crippen molar-refractivity contribution in [2.75, 3.05) is 17.8 Å². The first kappa shape index (κ1) is 16.9. The molecule has 0 aliphatic carbocycles. The average molecular weight is 345 g/mol. The van der Waals surface area contributed by atoms with Crippen LogP contribution in [0, 0.1) is 6.92 Å². The fourth-order valence-electron chi connectivity index (χ4n) is 1.39. The quantitative estimate of drug-likeness (QED) is 0.818. The molecule has 0 atom stereocenters. The maximum absolute atomic E-state index is 11.3. The van der Waals surface area contributed by atoms with E-state index in [0.29, 0.717) is 5.69 Å². The number of carbonyl (C=O) groups is 1. The highest BCUT2D eigenvalue weighted by Crippen LogP contribution is 2.27. The van der Waals surface area contributed by atoms with Gasteiger partial charge in [-0.15, -0.1) is 11.6 Å². The van der Waals surface area contributed by atoms with Gasteiger partial charge in [-0.25, -0.2) is 0 Å². The summed E-state index contributed by atoms with van der Waals surface area (Å²) in [7, 11) is 0. The van der Waals surface area contributed by atoms with Gasteiger partial charge in [0.1, 0.15) is 5.88 Å². The second-order valence-electron chi connectivity index (χ2n) is 3.95. The smallest absolute Gasteiger partial charge is 0.239 e.